The fourth-order valence-electron chi connectivity index (χ4n) is 1.85. The lowest BCUT2D eigenvalue weighted by molar-refractivity contribution is 0.0596. The third kappa shape index (κ3) is 3.41. The smallest absolute Gasteiger partial charge is 0.343 e. The van der Waals surface area contributed by atoms with Gasteiger partial charge in [0.25, 0.3) is 0 Å². The number of methoxy groups -OCH3 is 3. The molecule has 0 aliphatic heterocycles. The van der Waals surface area contributed by atoms with Crippen LogP contribution in [0.4, 0.5) is 0 Å². The van der Waals surface area contributed by atoms with E-state index in [-0.39, 0.29) is 5.56 Å². The van der Waals surface area contributed by atoms with E-state index in [1.807, 2.05) is 18.2 Å². The highest BCUT2D eigenvalue weighted by atomic mass is 16.5. The quantitative estimate of drug-likeness (QED) is 0.790. The molecule has 2 aromatic heterocycles. The predicted octanol–water partition coefficient (Wildman–Crippen LogP) is 2.45. The van der Waals surface area contributed by atoms with E-state index in [0.29, 0.717) is 17.3 Å². The lowest BCUT2D eigenvalue weighted by atomic mass is 10.1. The zero-order valence-electron chi connectivity index (χ0n) is 12.6. The van der Waals surface area contributed by atoms with Crippen molar-refractivity contribution >= 4 is 18.1 Å². The van der Waals surface area contributed by atoms with Gasteiger partial charge in [0.15, 0.2) is 0 Å². The Hall–Kier alpha value is -2.89. The van der Waals surface area contributed by atoms with E-state index in [1.165, 1.54) is 27.4 Å². The number of ether oxygens (including phenoxy) is 3. The molecular weight excluding hydrogens is 284 g/mol. The molecule has 0 aromatic carbocycles. The second-order valence-corrected chi connectivity index (χ2v) is 4.21. The summed E-state index contributed by atoms with van der Waals surface area (Å²) in [5.74, 6) is 0.136. The molecule has 0 saturated heterocycles. The Morgan fingerprint density at radius 1 is 1.14 bits per heavy atom. The van der Waals surface area contributed by atoms with E-state index in [1.54, 1.807) is 18.3 Å². The SMILES string of the molecule is COC(=O)c1c(OC)cc(OC)nc1/C=C\c1ccccn1. The Kier molecular flexibility index (Phi) is 5.08. The second kappa shape index (κ2) is 7.21. The summed E-state index contributed by atoms with van der Waals surface area (Å²) >= 11 is 0. The third-order valence-electron chi connectivity index (χ3n) is 2.91. The van der Waals surface area contributed by atoms with Crippen molar-refractivity contribution in [3.63, 3.8) is 0 Å². The van der Waals surface area contributed by atoms with Crippen molar-refractivity contribution < 1.29 is 19.0 Å². The predicted molar refractivity (Wildman–Crippen MR) is 81.8 cm³/mol. The summed E-state index contributed by atoms with van der Waals surface area (Å²) in [4.78, 5) is 20.4. The van der Waals surface area contributed by atoms with Gasteiger partial charge in [-0.05, 0) is 24.3 Å². The minimum absolute atomic E-state index is 0.234. The summed E-state index contributed by atoms with van der Waals surface area (Å²) < 4.78 is 15.2. The largest absolute Gasteiger partial charge is 0.496 e. The molecule has 0 radical (unpaired) electrons. The topological polar surface area (TPSA) is 70.5 Å². The molecule has 0 unspecified atom stereocenters. The average molecular weight is 300 g/mol. The lowest BCUT2D eigenvalue weighted by Crippen LogP contribution is -2.09. The van der Waals surface area contributed by atoms with Gasteiger partial charge in [-0.3, -0.25) is 4.98 Å². The highest BCUT2D eigenvalue weighted by Gasteiger charge is 2.20. The van der Waals surface area contributed by atoms with Gasteiger partial charge in [-0.1, -0.05) is 6.07 Å². The van der Waals surface area contributed by atoms with Gasteiger partial charge in [-0.15, -0.1) is 0 Å². The number of carbonyl (C=O) groups excluding carboxylic acids is 1. The normalized spacial score (nSPS) is 10.5. The maximum atomic E-state index is 12.0. The number of nitrogens with zero attached hydrogens (tertiary/aromatic N) is 2. The highest BCUT2D eigenvalue weighted by Crippen LogP contribution is 2.27. The van der Waals surface area contributed by atoms with Crippen molar-refractivity contribution in [2.24, 2.45) is 0 Å². The molecule has 6 nitrogen and oxygen atoms in total. The molecular formula is C16H16N2O4. The zero-order chi connectivity index (χ0) is 15.9. The zero-order valence-corrected chi connectivity index (χ0v) is 12.6. The lowest BCUT2D eigenvalue weighted by Gasteiger charge is -2.11. The summed E-state index contributed by atoms with van der Waals surface area (Å²) in [6.45, 7) is 0. The van der Waals surface area contributed by atoms with E-state index in [2.05, 4.69) is 9.97 Å². The standard InChI is InChI=1S/C16H16N2O4/c1-20-13-10-14(21-2)18-12(15(13)16(19)22-3)8-7-11-6-4-5-9-17-11/h4-10H,1-3H3/b8-7-. The highest BCUT2D eigenvalue weighted by molar-refractivity contribution is 5.97. The average Bonchev–Trinajstić information content (AvgIpc) is 2.59. The minimum atomic E-state index is -0.535. The summed E-state index contributed by atoms with van der Waals surface area (Å²) in [7, 11) is 4.26. The number of rotatable bonds is 5. The molecule has 0 aliphatic rings. The van der Waals surface area contributed by atoms with Crippen LogP contribution in [0.25, 0.3) is 12.2 Å². The van der Waals surface area contributed by atoms with Gasteiger partial charge >= 0.3 is 5.97 Å². The monoisotopic (exact) mass is 300 g/mol. The maximum absolute atomic E-state index is 12.0. The molecule has 22 heavy (non-hydrogen) atoms. The summed E-state index contributed by atoms with van der Waals surface area (Å²) in [5.41, 5.74) is 1.36. The van der Waals surface area contributed by atoms with Crippen LogP contribution in [-0.4, -0.2) is 37.3 Å². The van der Waals surface area contributed by atoms with Gasteiger partial charge < -0.3 is 14.2 Å². The molecule has 6 heteroatoms. The number of aromatic nitrogens is 2. The summed E-state index contributed by atoms with van der Waals surface area (Å²) in [6, 6.07) is 7.06. The number of hydrogen-bond acceptors (Lipinski definition) is 6. The van der Waals surface area contributed by atoms with Crippen LogP contribution >= 0.6 is 0 Å². The molecule has 2 heterocycles. The molecule has 0 fully saturated rings. The molecule has 0 bridgehead atoms. The van der Waals surface area contributed by atoms with E-state index in [0.717, 1.165) is 5.69 Å². The van der Waals surface area contributed by atoms with Gasteiger partial charge in [0.05, 0.1) is 32.7 Å². The molecule has 0 saturated carbocycles. The Morgan fingerprint density at radius 2 is 1.95 bits per heavy atom. The molecule has 2 rings (SSSR count). The fourth-order valence-corrected chi connectivity index (χ4v) is 1.85. The first-order valence-electron chi connectivity index (χ1n) is 6.50. The first-order valence-corrected chi connectivity index (χ1v) is 6.50. The van der Waals surface area contributed by atoms with Gasteiger partial charge in [0.1, 0.15) is 11.3 Å². The molecule has 0 aliphatic carbocycles. The van der Waals surface area contributed by atoms with Crippen LogP contribution in [0.15, 0.2) is 30.5 Å². The van der Waals surface area contributed by atoms with E-state index in [9.17, 15) is 4.79 Å². The van der Waals surface area contributed by atoms with Crippen LogP contribution in [0.5, 0.6) is 11.6 Å². The summed E-state index contributed by atoms with van der Waals surface area (Å²) in [6.07, 6.45) is 5.09. The van der Waals surface area contributed by atoms with Crippen molar-refractivity contribution in [3.8, 4) is 11.6 Å². The van der Waals surface area contributed by atoms with Crippen LogP contribution in [0.2, 0.25) is 0 Å². The third-order valence-corrected chi connectivity index (χ3v) is 2.91. The van der Waals surface area contributed by atoms with Crippen LogP contribution in [0, 0.1) is 0 Å². The number of pyridine rings is 2. The fraction of sp³-hybridized carbons (Fsp3) is 0.188. The van der Waals surface area contributed by atoms with E-state index >= 15 is 0 Å². The van der Waals surface area contributed by atoms with Crippen LogP contribution in [-0.2, 0) is 4.74 Å². The van der Waals surface area contributed by atoms with Crippen molar-refractivity contribution in [3.05, 3.63) is 47.4 Å². The van der Waals surface area contributed by atoms with Crippen molar-refractivity contribution in [1.29, 1.82) is 0 Å². The van der Waals surface area contributed by atoms with Gasteiger partial charge in [-0.25, -0.2) is 9.78 Å². The number of esters is 1. The van der Waals surface area contributed by atoms with Gasteiger partial charge in [0.2, 0.25) is 5.88 Å². The number of carbonyl (C=O) groups is 1. The van der Waals surface area contributed by atoms with E-state index in [4.69, 9.17) is 14.2 Å². The minimum Gasteiger partial charge on any atom is -0.496 e. The molecule has 0 spiro atoms. The van der Waals surface area contributed by atoms with Crippen LogP contribution < -0.4 is 9.47 Å². The number of hydrogen-bond donors (Lipinski definition) is 0. The molecule has 0 N–H and O–H groups in total. The van der Waals surface area contributed by atoms with Crippen LogP contribution in [0.3, 0.4) is 0 Å². The molecule has 0 amide bonds. The first kappa shape index (κ1) is 15.5. The first-order chi connectivity index (χ1) is 10.7. The van der Waals surface area contributed by atoms with Crippen LogP contribution in [0.1, 0.15) is 21.7 Å². The molecule has 2 aromatic rings. The maximum Gasteiger partial charge on any atom is 0.343 e. The Balaban J connectivity index is 2.52. The summed E-state index contributed by atoms with van der Waals surface area (Å²) in [5, 5.41) is 0. The van der Waals surface area contributed by atoms with Gasteiger partial charge in [-0.2, -0.15) is 0 Å². The Labute approximate surface area is 128 Å². The molecule has 114 valence electrons. The van der Waals surface area contributed by atoms with E-state index < -0.39 is 5.97 Å². The van der Waals surface area contributed by atoms with Crippen molar-refractivity contribution in [2.75, 3.05) is 21.3 Å². The molecule has 0 atom stereocenters. The van der Waals surface area contributed by atoms with Gasteiger partial charge in [0, 0.05) is 12.3 Å². The Bertz CT molecular complexity index is 684. The van der Waals surface area contributed by atoms with Crippen molar-refractivity contribution in [2.45, 2.75) is 0 Å². The Morgan fingerprint density at radius 3 is 2.55 bits per heavy atom. The van der Waals surface area contributed by atoms with Crippen molar-refractivity contribution in [1.82, 2.24) is 9.97 Å². The second-order valence-electron chi connectivity index (χ2n) is 4.21.